The summed E-state index contributed by atoms with van der Waals surface area (Å²) in [5.41, 5.74) is 2.16. The SMILES string of the molecule is O=C(CCCCc1ccc(F)cc1)NCCc1csc2ncnn12. The van der Waals surface area contributed by atoms with Crippen LogP contribution in [0.4, 0.5) is 4.39 Å². The van der Waals surface area contributed by atoms with Gasteiger partial charge in [0.05, 0.1) is 5.69 Å². The molecule has 0 aliphatic carbocycles. The Labute approximate surface area is 143 Å². The van der Waals surface area contributed by atoms with Crippen LogP contribution in [0.5, 0.6) is 0 Å². The Morgan fingerprint density at radius 2 is 2.04 bits per heavy atom. The predicted molar refractivity (Wildman–Crippen MR) is 91.5 cm³/mol. The summed E-state index contributed by atoms with van der Waals surface area (Å²) in [4.78, 5) is 16.8. The lowest BCUT2D eigenvalue weighted by atomic mass is 10.1. The van der Waals surface area contributed by atoms with Crippen LogP contribution in [-0.4, -0.2) is 27.0 Å². The summed E-state index contributed by atoms with van der Waals surface area (Å²) < 4.78 is 14.6. The zero-order valence-corrected chi connectivity index (χ0v) is 14.1. The molecule has 126 valence electrons. The number of fused-ring (bicyclic) bond motifs is 1. The molecule has 2 aromatic heterocycles. The van der Waals surface area contributed by atoms with Gasteiger partial charge in [-0.2, -0.15) is 5.10 Å². The van der Waals surface area contributed by atoms with Gasteiger partial charge in [0.15, 0.2) is 0 Å². The molecule has 0 radical (unpaired) electrons. The van der Waals surface area contributed by atoms with Crippen molar-refractivity contribution in [2.45, 2.75) is 32.1 Å². The van der Waals surface area contributed by atoms with Crippen LogP contribution in [0.3, 0.4) is 0 Å². The van der Waals surface area contributed by atoms with Gasteiger partial charge in [-0.1, -0.05) is 12.1 Å². The molecule has 0 aliphatic rings. The maximum absolute atomic E-state index is 12.8. The van der Waals surface area contributed by atoms with Gasteiger partial charge >= 0.3 is 0 Å². The Hall–Kier alpha value is -2.28. The van der Waals surface area contributed by atoms with Crippen molar-refractivity contribution in [1.82, 2.24) is 19.9 Å². The summed E-state index contributed by atoms with van der Waals surface area (Å²) in [6.07, 6.45) is 5.41. The number of carbonyl (C=O) groups is 1. The smallest absolute Gasteiger partial charge is 0.220 e. The maximum Gasteiger partial charge on any atom is 0.220 e. The van der Waals surface area contributed by atoms with Gasteiger partial charge in [-0.05, 0) is 37.0 Å². The number of benzene rings is 1. The van der Waals surface area contributed by atoms with Crippen LogP contribution in [0, 0.1) is 5.82 Å². The fraction of sp³-hybridized carbons (Fsp3) is 0.353. The van der Waals surface area contributed by atoms with Gasteiger partial charge in [0, 0.05) is 24.8 Å². The molecule has 0 atom stereocenters. The Balaban J connectivity index is 1.31. The number of hydrogen-bond donors (Lipinski definition) is 1. The molecule has 5 nitrogen and oxygen atoms in total. The molecule has 1 aromatic carbocycles. The van der Waals surface area contributed by atoms with E-state index in [0.29, 0.717) is 13.0 Å². The first-order valence-electron chi connectivity index (χ1n) is 7.99. The third kappa shape index (κ3) is 4.38. The fourth-order valence-corrected chi connectivity index (χ4v) is 3.36. The number of hydrogen-bond acceptors (Lipinski definition) is 4. The average molecular weight is 346 g/mol. The summed E-state index contributed by atoms with van der Waals surface area (Å²) in [5.74, 6) is -0.147. The molecule has 3 aromatic rings. The summed E-state index contributed by atoms with van der Waals surface area (Å²) in [7, 11) is 0. The van der Waals surface area contributed by atoms with Crippen molar-refractivity contribution in [3.05, 3.63) is 53.0 Å². The van der Waals surface area contributed by atoms with Gasteiger partial charge in [-0.25, -0.2) is 13.9 Å². The monoisotopic (exact) mass is 346 g/mol. The standard InChI is InChI=1S/C17H19FN4OS/c18-14-7-5-13(6-8-14)3-1-2-4-16(23)19-10-9-15-11-24-17-20-12-21-22(15)17/h5-8,11-12H,1-4,9-10H2,(H,19,23). The molecule has 0 aliphatic heterocycles. The second-order valence-corrected chi connectivity index (χ2v) is 6.45. The number of aryl methyl sites for hydroxylation is 1. The minimum Gasteiger partial charge on any atom is -0.356 e. The highest BCUT2D eigenvalue weighted by molar-refractivity contribution is 7.15. The lowest BCUT2D eigenvalue weighted by Gasteiger charge is -2.05. The molecule has 0 saturated carbocycles. The number of nitrogens with zero attached hydrogens (tertiary/aromatic N) is 3. The third-order valence-electron chi connectivity index (χ3n) is 3.82. The second-order valence-electron chi connectivity index (χ2n) is 5.61. The van der Waals surface area contributed by atoms with Crippen LogP contribution >= 0.6 is 11.3 Å². The van der Waals surface area contributed by atoms with Gasteiger partial charge < -0.3 is 5.32 Å². The molecule has 24 heavy (non-hydrogen) atoms. The van der Waals surface area contributed by atoms with Crippen LogP contribution in [0.1, 0.15) is 30.5 Å². The van der Waals surface area contributed by atoms with E-state index in [1.54, 1.807) is 28.0 Å². The van der Waals surface area contributed by atoms with Crippen molar-refractivity contribution < 1.29 is 9.18 Å². The van der Waals surface area contributed by atoms with Crippen molar-refractivity contribution in [2.24, 2.45) is 0 Å². The molecule has 0 spiro atoms. The van der Waals surface area contributed by atoms with Gasteiger partial charge in [0.2, 0.25) is 10.9 Å². The number of nitrogens with one attached hydrogen (secondary N) is 1. The number of unbranched alkanes of at least 4 members (excludes halogenated alkanes) is 1. The minimum absolute atomic E-state index is 0.0687. The molecular weight excluding hydrogens is 327 g/mol. The van der Waals surface area contributed by atoms with Crippen molar-refractivity contribution in [3.63, 3.8) is 0 Å². The van der Waals surface area contributed by atoms with Gasteiger partial charge in [0.25, 0.3) is 0 Å². The highest BCUT2D eigenvalue weighted by atomic mass is 32.1. The highest BCUT2D eigenvalue weighted by Gasteiger charge is 2.06. The molecule has 0 saturated heterocycles. The zero-order valence-electron chi connectivity index (χ0n) is 13.2. The van der Waals surface area contributed by atoms with E-state index in [1.165, 1.54) is 18.5 Å². The number of amides is 1. The highest BCUT2D eigenvalue weighted by Crippen LogP contribution is 2.13. The van der Waals surface area contributed by atoms with Crippen LogP contribution in [0.2, 0.25) is 0 Å². The van der Waals surface area contributed by atoms with Gasteiger partial charge in [-0.15, -0.1) is 11.3 Å². The van der Waals surface area contributed by atoms with E-state index in [2.05, 4.69) is 15.4 Å². The second kappa shape index (κ2) is 8.01. The van der Waals surface area contributed by atoms with Crippen molar-refractivity contribution in [1.29, 1.82) is 0 Å². The average Bonchev–Trinajstić information content (AvgIpc) is 3.18. The van der Waals surface area contributed by atoms with Gasteiger partial charge in [0.1, 0.15) is 12.1 Å². The molecule has 2 heterocycles. The van der Waals surface area contributed by atoms with E-state index in [0.717, 1.165) is 41.9 Å². The molecule has 1 N–H and O–H groups in total. The topological polar surface area (TPSA) is 59.3 Å². The Morgan fingerprint density at radius 3 is 2.88 bits per heavy atom. The number of carbonyl (C=O) groups excluding carboxylic acids is 1. The largest absolute Gasteiger partial charge is 0.356 e. The molecule has 0 bridgehead atoms. The van der Waals surface area contributed by atoms with Crippen LogP contribution in [-0.2, 0) is 17.6 Å². The summed E-state index contributed by atoms with van der Waals surface area (Å²) >= 11 is 1.55. The van der Waals surface area contributed by atoms with Crippen LogP contribution < -0.4 is 5.32 Å². The molecular formula is C17H19FN4OS. The summed E-state index contributed by atoms with van der Waals surface area (Å²) in [6, 6.07) is 6.53. The Morgan fingerprint density at radius 1 is 1.21 bits per heavy atom. The predicted octanol–water partition coefficient (Wildman–Crippen LogP) is 3.00. The Bertz CT molecular complexity index is 796. The summed E-state index contributed by atoms with van der Waals surface area (Å²) in [6.45, 7) is 0.600. The summed E-state index contributed by atoms with van der Waals surface area (Å²) in [5, 5.41) is 9.11. The molecule has 0 unspecified atom stereocenters. The number of thiazole rings is 1. The van der Waals surface area contributed by atoms with E-state index in [4.69, 9.17) is 0 Å². The van der Waals surface area contributed by atoms with Crippen LogP contribution in [0.15, 0.2) is 36.0 Å². The number of rotatable bonds is 8. The quantitative estimate of drug-likeness (QED) is 0.638. The third-order valence-corrected chi connectivity index (χ3v) is 4.70. The normalized spacial score (nSPS) is 11.0. The van der Waals surface area contributed by atoms with E-state index in [1.807, 2.05) is 5.38 Å². The Kier molecular flexibility index (Phi) is 5.53. The maximum atomic E-state index is 12.8. The first kappa shape index (κ1) is 16.6. The van der Waals surface area contributed by atoms with Crippen LogP contribution in [0.25, 0.3) is 4.96 Å². The fourth-order valence-electron chi connectivity index (χ4n) is 2.53. The molecule has 7 heteroatoms. The van der Waals surface area contributed by atoms with Crippen molar-refractivity contribution in [2.75, 3.05) is 6.54 Å². The van der Waals surface area contributed by atoms with Crippen molar-refractivity contribution >= 4 is 22.2 Å². The molecule has 3 rings (SSSR count). The minimum atomic E-state index is -0.216. The van der Waals surface area contributed by atoms with E-state index >= 15 is 0 Å². The lowest BCUT2D eigenvalue weighted by molar-refractivity contribution is -0.121. The number of halogens is 1. The van der Waals surface area contributed by atoms with E-state index in [-0.39, 0.29) is 11.7 Å². The van der Waals surface area contributed by atoms with Crippen molar-refractivity contribution in [3.8, 4) is 0 Å². The lowest BCUT2D eigenvalue weighted by Crippen LogP contribution is -2.25. The number of aromatic nitrogens is 3. The van der Waals surface area contributed by atoms with E-state index in [9.17, 15) is 9.18 Å². The molecule has 0 fully saturated rings. The zero-order chi connectivity index (χ0) is 16.8. The molecule has 1 amide bonds. The van der Waals surface area contributed by atoms with Gasteiger partial charge in [-0.3, -0.25) is 4.79 Å². The van der Waals surface area contributed by atoms with E-state index < -0.39 is 0 Å². The first-order valence-corrected chi connectivity index (χ1v) is 8.87. The first-order chi connectivity index (χ1) is 11.7.